The van der Waals surface area contributed by atoms with Crippen LogP contribution in [0.15, 0.2) is 48.5 Å². The summed E-state index contributed by atoms with van der Waals surface area (Å²) in [6, 6.07) is 16.4. The van der Waals surface area contributed by atoms with Crippen LogP contribution in [-0.2, 0) is 11.3 Å². The van der Waals surface area contributed by atoms with Gasteiger partial charge >= 0.3 is 0 Å². The number of carbonyl (C=O) groups is 1. The van der Waals surface area contributed by atoms with Gasteiger partial charge in [0.15, 0.2) is 6.04 Å². The predicted molar refractivity (Wildman–Crippen MR) is 107 cm³/mol. The van der Waals surface area contributed by atoms with Crippen LogP contribution < -0.4 is 19.9 Å². The first-order valence-corrected chi connectivity index (χ1v) is 9.74. The summed E-state index contributed by atoms with van der Waals surface area (Å²) in [6.45, 7) is 9.32. The molecule has 0 unspecified atom stereocenters. The standard InChI is InChI=1S/C22H29N3O2/c1-17-9-10-21(27-3)20(15-17)23-22(26)18(2)25-13-11-24(12-14-25)16-19-7-5-4-6-8-19/h4-10,15,18H,11-14,16H2,1-3H3,(H,23,26)/p+2/t18-/m0/s1. The van der Waals surface area contributed by atoms with E-state index in [1.165, 1.54) is 10.5 Å². The van der Waals surface area contributed by atoms with E-state index in [0.29, 0.717) is 5.75 Å². The zero-order chi connectivity index (χ0) is 19.2. The second-order valence-electron chi connectivity index (χ2n) is 7.49. The summed E-state index contributed by atoms with van der Waals surface area (Å²) < 4.78 is 5.37. The van der Waals surface area contributed by atoms with Crippen LogP contribution in [0.2, 0.25) is 0 Å². The molecule has 1 atom stereocenters. The fourth-order valence-corrected chi connectivity index (χ4v) is 3.76. The molecule has 3 N–H and O–H groups in total. The van der Waals surface area contributed by atoms with Gasteiger partial charge in [-0.1, -0.05) is 36.4 Å². The van der Waals surface area contributed by atoms with Gasteiger partial charge in [-0.2, -0.15) is 0 Å². The Kier molecular flexibility index (Phi) is 6.48. The highest BCUT2D eigenvalue weighted by Crippen LogP contribution is 2.25. The number of benzene rings is 2. The van der Waals surface area contributed by atoms with Crippen molar-refractivity contribution in [2.45, 2.75) is 26.4 Å². The smallest absolute Gasteiger partial charge is 0.282 e. The Balaban J connectivity index is 1.53. The summed E-state index contributed by atoms with van der Waals surface area (Å²) >= 11 is 0. The first kappa shape index (κ1) is 19.4. The van der Waals surface area contributed by atoms with Crippen molar-refractivity contribution in [2.75, 3.05) is 38.6 Å². The number of ether oxygens (including phenoxy) is 1. The molecule has 0 saturated carbocycles. The van der Waals surface area contributed by atoms with Gasteiger partial charge in [0.2, 0.25) is 0 Å². The van der Waals surface area contributed by atoms with Gasteiger partial charge in [0.05, 0.1) is 12.8 Å². The Morgan fingerprint density at radius 3 is 2.48 bits per heavy atom. The molecule has 144 valence electrons. The molecule has 0 aliphatic carbocycles. The van der Waals surface area contributed by atoms with Gasteiger partial charge in [-0.3, -0.25) is 4.79 Å². The molecule has 2 aromatic carbocycles. The lowest BCUT2D eigenvalue weighted by atomic mass is 10.1. The van der Waals surface area contributed by atoms with Crippen molar-refractivity contribution in [1.29, 1.82) is 0 Å². The third-order valence-electron chi connectivity index (χ3n) is 5.51. The van der Waals surface area contributed by atoms with E-state index in [1.807, 2.05) is 32.0 Å². The Morgan fingerprint density at radius 1 is 1.11 bits per heavy atom. The summed E-state index contributed by atoms with van der Waals surface area (Å²) in [5.74, 6) is 0.758. The minimum absolute atomic E-state index is 0.0559. The maximum Gasteiger partial charge on any atom is 0.282 e. The molecule has 1 aliphatic rings. The van der Waals surface area contributed by atoms with Crippen LogP contribution in [0.25, 0.3) is 0 Å². The van der Waals surface area contributed by atoms with Gasteiger partial charge in [0.1, 0.15) is 38.5 Å². The van der Waals surface area contributed by atoms with Crippen LogP contribution >= 0.6 is 0 Å². The molecule has 0 bridgehead atoms. The number of carbonyl (C=O) groups excluding carboxylic acids is 1. The van der Waals surface area contributed by atoms with E-state index < -0.39 is 0 Å². The van der Waals surface area contributed by atoms with Gasteiger partial charge < -0.3 is 19.9 Å². The summed E-state index contributed by atoms with van der Waals surface area (Å²) in [5.41, 5.74) is 3.24. The quantitative estimate of drug-likeness (QED) is 0.687. The lowest BCUT2D eigenvalue weighted by Crippen LogP contribution is -3.29. The van der Waals surface area contributed by atoms with Gasteiger partial charge in [0.25, 0.3) is 5.91 Å². The maximum absolute atomic E-state index is 12.8. The molecule has 1 saturated heterocycles. The van der Waals surface area contributed by atoms with Crippen LogP contribution in [0.5, 0.6) is 5.75 Å². The number of hydrogen-bond donors (Lipinski definition) is 3. The average Bonchev–Trinajstić information content (AvgIpc) is 2.69. The van der Waals surface area contributed by atoms with Crippen molar-refractivity contribution < 1.29 is 19.3 Å². The largest absolute Gasteiger partial charge is 0.495 e. The maximum atomic E-state index is 12.8. The van der Waals surface area contributed by atoms with Gasteiger partial charge in [0, 0.05) is 5.56 Å². The SMILES string of the molecule is COc1ccc(C)cc1NC(=O)[C@H](C)[NH+]1CC[NH+](Cc2ccccc2)CC1. The number of quaternary nitrogens is 2. The highest BCUT2D eigenvalue weighted by Gasteiger charge is 2.31. The first-order chi connectivity index (χ1) is 13.1. The van der Waals surface area contributed by atoms with Gasteiger partial charge in [-0.15, -0.1) is 0 Å². The molecule has 5 heteroatoms. The Morgan fingerprint density at radius 2 is 1.81 bits per heavy atom. The highest BCUT2D eigenvalue weighted by molar-refractivity contribution is 5.95. The number of anilines is 1. The minimum Gasteiger partial charge on any atom is -0.495 e. The van der Waals surface area contributed by atoms with Crippen molar-refractivity contribution in [3.63, 3.8) is 0 Å². The molecule has 3 rings (SSSR count). The number of rotatable bonds is 6. The van der Waals surface area contributed by atoms with Gasteiger partial charge in [-0.25, -0.2) is 0 Å². The van der Waals surface area contributed by atoms with E-state index in [0.717, 1.165) is 44.0 Å². The van der Waals surface area contributed by atoms with Crippen LogP contribution in [0.4, 0.5) is 5.69 Å². The third-order valence-corrected chi connectivity index (χ3v) is 5.51. The number of nitrogens with one attached hydrogen (secondary N) is 3. The number of piperazine rings is 1. The van der Waals surface area contributed by atoms with Crippen LogP contribution in [0.1, 0.15) is 18.1 Å². The average molecular weight is 370 g/mol. The van der Waals surface area contributed by atoms with E-state index in [9.17, 15) is 4.79 Å². The lowest BCUT2D eigenvalue weighted by Gasteiger charge is -2.32. The van der Waals surface area contributed by atoms with Crippen molar-refractivity contribution in [3.8, 4) is 5.75 Å². The van der Waals surface area contributed by atoms with E-state index in [1.54, 1.807) is 12.0 Å². The lowest BCUT2D eigenvalue weighted by molar-refractivity contribution is -1.02. The Labute approximate surface area is 161 Å². The van der Waals surface area contributed by atoms with Crippen molar-refractivity contribution in [1.82, 2.24) is 0 Å². The molecular weight excluding hydrogens is 338 g/mol. The molecule has 0 radical (unpaired) electrons. The molecule has 2 aromatic rings. The molecule has 1 aliphatic heterocycles. The summed E-state index contributed by atoms with van der Waals surface area (Å²) in [5, 5.41) is 3.06. The Bertz CT molecular complexity index is 755. The monoisotopic (exact) mass is 369 g/mol. The first-order valence-electron chi connectivity index (χ1n) is 9.74. The van der Waals surface area contributed by atoms with E-state index in [2.05, 4.69) is 35.6 Å². The van der Waals surface area contributed by atoms with E-state index in [-0.39, 0.29) is 11.9 Å². The normalized spacial score (nSPS) is 20.7. The predicted octanol–water partition coefficient (Wildman–Crippen LogP) is 0.314. The van der Waals surface area contributed by atoms with Crippen LogP contribution in [0, 0.1) is 6.92 Å². The van der Waals surface area contributed by atoms with Crippen LogP contribution in [-0.4, -0.2) is 45.2 Å². The van der Waals surface area contributed by atoms with E-state index >= 15 is 0 Å². The topological polar surface area (TPSA) is 47.2 Å². The second-order valence-corrected chi connectivity index (χ2v) is 7.49. The molecule has 1 amide bonds. The third kappa shape index (κ3) is 5.08. The number of amides is 1. The molecule has 5 nitrogen and oxygen atoms in total. The van der Waals surface area contributed by atoms with Crippen molar-refractivity contribution in [2.24, 2.45) is 0 Å². The van der Waals surface area contributed by atoms with Crippen molar-refractivity contribution >= 4 is 11.6 Å². The van der Waals surface area contributed by atoms with E-state index in [4.69, 9.17) is 4.74 Å². The molecule has 1 fully saturated rings. The summed E-state index contributed by atoms with van der Waals surface area (Å²) in [6.07, 6.45) is 0. The zero-order valence-corrected chi connectivity index (χ0v) is 16.5. The highest BCUT2D eigenvalue weighted by atomic mass is 16.5. The zero-order valence-electron chi connectivity index (χ0n) is 16.5. The molecule has 1 heterocycles. The van der Waals surface area contributed by atoms with Crippen LogP contribution in [0.3, 0.4) is 0 Å². The fourth-order valence-electron chi connectivity index (χ4n) is 3.76. The minimum atomic E-state index is -0.0755. The van der Waals surface area contributed by atoms with Crippen molar-refractivity contribution in [3.05, 3.63) is 59.7 Å². The molecule has 27 heavy (non-hydrogen) atoms. The molecule has 0 aromatic heterocycles. The number of hydrogen-bond acceptors (Lipinski definition) is 2. The second kappa shape index (κ2) is 9.02. The summed E-state index contributed by atoms with van der Waals surface area (Å²) in [7, 11) is 1.63. The van der Waals surface area contributed by atoms with Gasteiger partial charge in [-0.05, 0) is 31.5 Å². The number of methoxy groups -OCH3 is 1. The summed E-state index contributed by atoms with van der Waals surface area (Å²) in [4.78, 5) is 15.7. The Hall–Kier alpha value is -2.37. The molecular formula is C22H31N3O2+2. The fraction of sp³-hybridized carbons (Fsp3) is 0.409. The number of aryl methyl sites for hydroxylation is 1. The molecule has 0 spiro atoms.